The van der Waals surface area contributed by atoms with Crippen LogP contribution in [-0.4, -0.2) is 34.1 Å². The molecule has 3 heterocycles. The number of alkyl halides is 3. The maximum Gasteiger partial charge on any atom is 0.434 e. The van der Waals surface area contributed by atoms with Crippen LogP contribution in [0.25, 0.3) is 0 Å². The summed E-state index contributed by atoms with van der Waals surface area (Å²) in [4.78, 5) is 9.99. The second-order valence-corrected chi connectivity index (χ2v) is 8.12. The van der Waals surface area contributed by atoms with Gasteiger partial charge in [0.2, 0.25) is 0 Å². The van der Waals surface area contributed by atoms with Gasteiger partial charge in [0.15, 0.2) is 5.69 Å². The molecular formula is C21H25F3N4O. The number of nitrogens with two attached hydrogens (primary N) is 1. The first kappa shape index (κ1) is 19.9. The highest BCUT2D eigenvalue weighted by atomic mass is 19.4. The Morgan fingerprint density at radius 3 is 2.52 bits per heavy atom. The Labute approximate surface area is 168 Å². The summed E-state index contributed by atoms with van der Waals surface area (Å²) in [6.07, 6.45) is -1.18. The van der Waals surface area contributed by atoms with Crippen molar-refractivity contribution in [3.63, 3.8) is 0 Å². The molecule has 2 aliphatic heterocycles. The summed E-state index contributed by atoms with van der Waals surface area (Å²) in [5, 5.41) is 0. The molecule has 29 heavy (non-hydrogen) atoms. The van der Waals surface area contributed by atoms with Crippen molar-refractivity contribution in [2.45, 2.75) is 51.0 Å². The van der Waals surface area contributed by atoms with E-state index in [1.54, 1.807) is 7.11 Å². The van der Waals surface area contributed by atoms with Crippen molar-refractivity contribution in [3.05, 3.63) is 47.4 Å². The molecule has 2 bridgehead atoms. The molecule has 0 amide bonds. The Balaban J connectivity index is 1.58. The first-order valence-electron chi connectivity index (χ1n) is 9.83. The lowest BCUT2D eigenvalue weighted by molar-refractivity contribution is -0.141. The molecule has 1 aliphatic carbocycles. The van der Waals surface area contributed by atoms with Gasteiger partial charge in [-0.25, -0.2) is 9.97 Å². The molecule has 2 atom stereocenters. The van der Waals surface area contributed by atoms with Gasteiger partial charge in [-0.1, -0.05) is 19.1 Å². The van der Waals surface area contributed by atoms with Crippen molar-refractivity contribution in [1.29, 1.82) is 0 Å². The predicted octanol–water partition coefficient (Wildman–Crippen LogP) is 3.93. The van der Waals surface area contributed by atoms with E-state index in [1.807, 2.05) is 24.3 Å². The van der Waals surface area contributed by atoms with E-state index in [0.717, 1.165) is 30.7 Å². The number of hydrogen-bond acceptors (Lipinski definition) is 5. The summed E-state index contributed by atoms with van der Waals surface area (Å²) in [6, 6.07) is 8.45. The Bertz CT molecular complexity index is 865. The van der Waals surface area contributed by atoms with E-state index in [9.17, 15) is 13.2 Å². The van der Waals surface area contributed by atoms with Gasteiger partial charge >= 0.3 is 6.18 Å². The minimum atomic E-state index is -4.53. The van der Waals surface area contributed by atoms with E-state index >= 15 is 0 Å². The number of nitrogens with zero attached hydrogens (tertiary/aromatic N) is 3. The van der Waals surface area contributed by atoms with Gasteiger partial charge in [0.05, 0.1) is 19.0 Å². The molecule has 8 heteroatoms. The number of benzene rings is 1. The molecule has 5 rings (SSSR count). The molecule has 2 saturated heterocycles. The van der Waals surface area contributed by atoms with Crippen LogP contribution >= 0.6 is 0 Å². The van der Waals surface area contributed by atoms with Crippen LogP contribution in [0.4, 0.5) is 19.0 Å². The van der Waals surface area contributed by atoms with E-state index in [0.29, 0.717) is 30.5 Å². The second kappa shape index (κ2) is 7.48. The largest absolute Gasteiger partial charge is 0.497 e. The molecule has 3 fully saturated rings. The lowest BCUT2D eigenvalue weighted by Crippen LogP contribution is -2.61. The maximum atomic E-state index is 13.1. The summed E-state index contributed by atoms with van der Waals surface area (Å²) in [5.41, 5.74) is 6.29. The maximum absolute atomic E-state index is 13.1. The van der Waals surface area contributed by atoms with E-state index in [1.165, 1.54) is 0 Å². The molecular weight excluding hydrogens is 381 g/mol. The van der Waals surface area contributed by atoms with E-state index in [2.05, 4.69) is 21.8 Å². The first-order chi connectivity index (χ1) is 13.8. The van der Waals surface area contributed by atoms with Crippen LogP contribution < -0.4 is 10.5 Å². The summed E-state index contributed by atoms with van der Waals surface area (Å²) >= 11 is 0. The Morgan fingerprint density at radius 2 is 1.90 bits per heavy atom. The van der Waals surface area contributed by atoms with Gasteiger partial charge in [-0.05, 0) is 42.4 Å². The quantitative estimate of drug-likeness (QED) is 0.815. The molecule has 3 aliphatic rings. The highest BCUT2D eigenvalue weighted by Gasteiger charge is 2.48. The Hall–Kier alpha value is -2.35. The van der Waals surface area contributed by atoms with Gasteiger partial charge in [-0.2, -0.15) is 13.2 Å². The van der Waals surface area contributed by atoms with Crippen molar-refractivity contribution in [2.24, 2.45) is 11.8 Å². The number of rotatable bonds is 5. The first-order valence-corrected chi connectivity index (χ1v) is 9.83. The molecule has 2 N–H and O–H groups in total. The fourth-order valence-corrected chi connectivity index (χ4v) is 4.63. The lowest BCUT2D eigenvalue weighted by Gasteiger charge is -2.57. The minimum Gasteiger partial charge on any atom is -0.497 e. The molecule has 2 aromatic rings. The van der Waals surface area contributed by atoms with E-state index < -0.39 is 11.9 Å². The number of fused-ring (bicyclic) bond motifs is 2. The van der Waals surface area contributed by atoms with Gasteiger partial charge in [0.25, 0.3) is 0 Å². The zero-order valence-corrected chi connectivity index (χ0v) is 16.5. The fourth-order valence-electron chi connectivity index (χ4n) is 4.63. The topological polar surface area (TPSA) is 64.3 Å². The third kappa shape index (κ3) is 3.90. The molecule has 1 saturated carbocycles. The predicted molar refractivity (Wildman–Crippen MR) is 103 cm³/mol. The number of halogens is 3. The Morgan fingerprint density at radius 1 is 1.21 bits per heavy atom. The van der Waals surface area contributed by atoms with Gasteiger partial charge < -0.3 is 10.5 Å². The van der Waals surface area contributed by atoms with Crippen molar-refractivity contribution in [1.82, 2.24) is 14.9 Å². The second-order valence-electron chi connectivity index (χ2n) is 8.12. The average Bonchev–Trinajstić information content (AvgIpc) is 2.64. The molecule has 0 radical (unpaired) electrons. The zero-order valence-electron chi connectivity index (χ0n) is 16.5. The fraction of sp³-hybridized carbons (Fsp3) is 0.524. The Kier molecular flexibility index (Phi) is 5.14. The number of nitrogen functional groups attached to an aromatic ring is 1. The van der Waals surface area contributed by atoms with Crippen molar-refractivity contribution < 1.29 is 17.9 Å². The van der Waals surface area contributed by atoms with Crippen molar-refractivity contribution in [3.8, 4) is 5.75 Å². The van der Waals surface area contributed by atoms with Gasteiger partial charge in [-0.15, -0.1) is 0 Å². The molecule has 5 nitrogen and oxygen atoms in total. The van der Waals surface area contributed by atoms with Gasteiger partial charge in [0.1, 0.15) is 11.6 Å². The molecule has 0 spiro atoms. The van der Waals surface area contributed by atoms with Crippen LogP contribution in [-0.2, 0) is 19.1 Å². The number of aromatic nitrogens is 2. The van der Waals surface area contributed by atoms with E-state index in [4.69, 9.17) is 10.5 Å². The highest BCUT2D eigenvalue weighted by Crippen LogP contribution is 2.47. The van der Waals surface area contributed by atoms with Crippen molar-refractivity contribution >= 4 is 5.82 Å². The number of ether oxygens (including phenoxy) is 1. The molecule has 2 unspecified atom stereocenters. The summed E-state index contributed by atoms with van der Waals surface area (Å²) in [6.45, 7) is 2.92. The van der Waals surface area contributed by atoms with Gasteiger partial charge in [-0.3, -0.25) is 4.90 Å². The molecule has 156 valence electrons. The number of piperidine rings is 2. The standard InChI is InChI=1S/C21H25F3N4O/c1-12-14-7-15(8-14)28(11-13-3-5-16(29-2)6-4-13)18(12)9-17-20(25)26-10-19(27-17)21(22,23)24/h3-6,10,12,14-15,18H,7-9,11H2,1-2H3,(H2,25,26). The summed E-state index contributed by atoms with van der Waals surface area (Å²) < 4.78 is 44.5. The number of hydrogen-bond donors (Lipinski definition) is 1. The summed E-state index contributed by atoms with van der Waals surface area (Å²) in [7, 11) is 1.63. The monoisotopic (exact) mass is 406 g/mol. The summed E-state index contributed by atoms with van der Waals surface area (Å²) in [5.74, 6) is 1.84. The highest BCUT2D eigenvalue weighted by molar-refractivity contribution is 5.36. The van der Waals surface area contributed by atoms with E-state index in [-0.39, 0.29) is 17.6 Å². The zero-order chi connectivity index (χ0) is 20.8. The molecule has 1 aromatic carbocycles. The lowest BCUT2D eigenvalue weighted by atomic mass is 9.64. The van der Waals surface area contributed by atoms with Crippen LogP contribution in [0.5, 0.6) is 5.75 Å². The average molecular weight is 406 g/mol. The van der Waals surface area contributed by atoms with Crippen molar-refractivity contribution in [2.75, 3.05) is 12.8 Å². The van der Waals surface area contributed by atoms with Crippen LogP contribution in [0.3, 0.4) is 0 Å². The van der Waals surface area contributed by atoms with Crippen LogP contribution in [0.15, 0.2) is 30.5 Å². The SMILES string of the molecule is COc1ccc(CN2C3CC(C3)C(C)C2Cc2nc(C(F)(F)F)cnc2N)cc1. The third-order valence-electron chi connectivity index (χ3n) is 6.49. The number of methoxy groups -OCH3 is 1. The minimum absolute atomic E-state index is 0.0776. The van der Waals surface area contributed by atoms with Crippen LogP contribution in [0.1, 0.15) is 36.7 Å². The molecule has 1 aromatic heterocycles. The normalized spacial score (nSPS) is 26.8. The third-order valence-corrected chi connectivity index (χ3v) is 6.49. The number of anilines is 1. The van der Waals surface area contributed by atoms with Crippen LogP contribution in [0, 0.1) is 11.8 Å². The van der Waals surface area contributed by atoms with Crippen LogP contribution in [0.2, 0.25) is 0 Å². The smallest absolute Gasteiger partial charge is 0.434 e. The van der Waals surface area contributed by atoms with Gasteiger partial charge in [0, 0.05) is 25.0 Å².